The van der Waals surface area contributed by atoms with Crippen LogP contribution in [0.4, 0.5) is 5.69 Å². The second-order valence-electron chi connectivity index (χ2n) is 6.22. The van der Waals surface area contributed by atoms with Crippen LogP contribution in [0.15, 0.2) is 48.5 Å². The highest BCUT2D eigenvalue weighted by atomic mass is 16.5. The molecule has 0 bridgehead atoms. The van der Waals surface area contributed by atoms with Gasteiger partial charge in [-0.25, -0.2) is 0 Å². The molecular weight excluding hydrogens is 328 g/mol. The molecule has 0 radical (unpaired) electrons. The number of carbonyl (C=O) groups excluding carboxylic acids is 2. The summed E-state index contributed by atoms with van der Waals surface area (Å²) in [6.45, 7) is 4.92. The van der Waals surface area contributed by atoms with E-state index >= 15 is 0 Å². The molecule has 0 aliphatic heterocycles. The van der Waals surface area contributed by atoms with E-state index in [9.17, 15) is 9.59 Å². The van der Waals surface area contributed by atoms with Gasteiger partial charge in [0.2, 0.25) is 5.91 Å². The first-order chi connectivity index (χ1) is 12.5. The number of amides is 2. The van der Waals surface area contributed by atoms with Crippen LogP contribution < -0.4 is 5.32 Å². The lowest BCUT2D eigenvalue weighted by Gasteiger charge is -2.22. The Morgan fingerprint density at radius 1 is 1.12 bits per heavy atom. The van der Waals surface area contributed by atoms with Gasteiger partial charge in [-0.1, -0.05) is 37.3 Å². The van der Waals surface area contributed by atoms with E-state index in [1.165, 1.54) is 0 Å². The van der Waals surface area contributed by atoms with E-state index in [1.807, 2.05) is 56.3 Å². The van der Waals surface area contributed by atoms with Gasteiger partial charge >= 0.3 is 0 Å². The minimum Gasteiger partial charge on any atom is -0.380 e. The largest absolute Gasteiger partial charge is 0.380 e. The summed E-state index contributed by atoms with van der Waals surface area (Å²) in [5.74, 6) is -0.348. The number of hydrogen-bond donors (Lipinski definition) is 1. The highest BCUT2D eigenvalue weighted by Gasteiger charge is 2.19. The third kappa shape index (κ3) is 5.43. The molecule has 0 unspecified atom stereocenters. The first-order valence-corrected chi connectivity index (χ1v) is 8.77. The molecule has 0 saturated carbocycles. The van der Waals surface area contributed by atoms with Gasteiger partial charge in [0, 0.05) is 24.9 Å². The predicted molar refractivity (Wildman–Crippen MR) is 103 cm³/mol. The average Bonchev–Trinajstić information content (AvgIpc) is 2.63. The number of ether oxygens (including phenoxy) is 1. The molecule has 26 heavy (non-hydrogen) atoms. The fraction of sp³-hybridized carbons (Fsp3) is 0.333. The molecular formula is C21H26N2O3. The maximum atomic E-state index is 12.9. The van der Waals surface area contributed by atoms with Gasteiger partial charge in [0.15, 0.2) is 0 Å². The lowest BCUT2D eigenvalue weighted by molar-refractivity contribution is -0.116. The molecule has 2 aromatic carbocycles. The number of para-hydroxylation sites is 1. The molecule has 5 heteroatoms. The summed E-state index contributed by atoms with van der Waals surface area (Å²) in [5, 5.41) is 2.88. The summed E-state index contributed by atoms with van der Waals surface area (Å²) >= 11 is 0. The summed E-state index contributed by atoms with van der Waals surface area (Å²) in [6, 6.07) is 14.9. The fourth-order valence-corrected chi connectivity index (χ4v) is 2.74. The summed E-state index contributed by atoms with van der Waals surface area (Å²) in [6.07, 6.45) is 0.779. The monoisotopic (exact) mass is 354 g/mol. The highest BCUT2D eigenvalue weighted by Crippen LogP contribution is 2.14. The number of nitrogens with zero attached hydrogens (tertiary/aromatic N) is 1. The Labute approximate surface area is 155 Å². The molecule has 0 fully saturated rings. The van der Waals surface area contributed by atoms with Crippen molar-refractivity contribution in [2.45, 2.75) is 26.9 Å². The fourth-order valence-electron chi connectivity index (χ4n) is 2.74. The van der Waals surface area contributed by atoms with Crippen molar-refractivity contribution in [3.05, 3.63) is 65.2 Å². The quantitative estimate of drug-likeness (QED) is 0.787. The second-order valence-corrected chi connectivity index (χ2v) is 6.22. The molecule has 5 nitrogen and oxygen atoms in total. The molecule has 0 atom stereocenters. The Hall–Kier alpha value is -2.66. The molecule has 0 aliphatic rings. The van der Waals surface area contributed by atoms with E-state index in [-0.39, 0.29) is 18.4 Å². The average molecular weight is 354 g/mol. The Kier molecular flexibility index (Phi) is 7.36. The van der Waals surface area contributed by atoms with Gasteiger partial charge in [0.25, 0.3) is 5.91 Å². The molecule has 0 aliphatic carbocycles. The number of carbonyl (C=O) groups is 2. The molecule has 0 saturated heterocycles. The third-order valence-corrected chi connectivity index (χ3v) is 4.02. The van der Waals surface area contributed by atoms with E-state index in [0.717, 1.165) is 23.2 Å². The van der Waals surface area contributed by atoms with Gasteiger partial charge in [0.1, 0.15) is 6.54 Å². The van der Waals surface area contributed by atoms with Crippen molar-refractivity contribution < 1.29 is 14.3 Å². The summed E-state index contributed by atoms with van der Waals surface area (Å²) < 4.78 is 5.12. The minimum atomic E-state index is -0.200. The van der Waals surface area contributed by atoms with Crippen LogP contribution in [0.3, 0.4) is 0 Å². The standard InChI is InChI=1S/C21H26N2O3/c1-4-12-23(14-20(24)22-19-11-6-5-8-16(19)2)21(25)18-10-7-9-17(13-18)15-26-3/h5-11,13H,4,12,14-15H2,1-3H3,(H,22,24). The second kappa shape index (κ2) is 9.73. The lowest BCUT2D eigenvalue weighted by atomic mass is 10.1. The van der Waals surface area contributed by atoms with Gasteiger partial charge in [-0.15, -0.1) is 0 Å². The zero-order chi connectivity index (χ0) is 18.9. The number of rotatable bonds is 8. The molecule has 138 valence electrons. The summed E-state index contributed by atoms with van der Waals surface area (Å²) in [5.41, 5.74) is 3.25. The van der Waals surface area contributed by atoms with Crippen molar-refractivity contribution >= 4 is 17.5 Å². The van der Waals surface area contributed by atoms with E-state index in [2.05, 4.69) is 5.32 Å². The predicted octanol–water partition coefficient (Wildman–Crippen LogP) is 3.63. The molecule has 0 spiro atoms. The van der Waals surface area contributed by atoms with Gasteiger partial charge in [-0.3, -0.25) is 9.59 Å². The van der Waals surface area contributed by atoms with Crippen LogP contribution in [0.1, 0.15) is 34.8 Å². The van der Waals surface area contributed by atoms with Crippen LogP contribution in [0, 0.1) is 6.92 Å². The Morgan fingerprint density at radius 2 is 1.88 bits per heavy atom. The Balaban J connectivity index is 2.09. The highest BCUT2D eigenvalue weighted by molar-refractivity contribution is 5.99. The summed E-state index contributed by atoms with van der Waals surface area (Å²) in [4.78, 5) is 26.9. The Bertz CT molecular complexity index is 758. The van der Waals surface area contributed by atoms with Gasteiger partial charge < -0.3 is 15.0 Å². The molecule has 2 aromatic rings. The smallest absolute Gasteiger partial charge is 0.254 e. The van der Waals surface area contributed by atoms with Crippen LogP contribution in [0.5, 0.6) is 0 Å². The molecule has 1 N–H and O–H groups in total. The SMILES string of the molecule is CCCN(CC(=O)Nc1ccccc1C)C(=O)c1cccc(COC)c1. The first kappa shape index (κ1) is 19.7. The molecule has 2 rings (SSSR count). The van der Waals surface area contributed by atoms with Crippen molar-refractivity contribution in [2.75, 3.05) is 25.5 Å². The number of nitrogens with one attached hydrogen (secondary N) is 1. The normalized spacial score (nSPS) is 10.4. The van der Waals surface area contributed by atoms with Gasteiger partial charge in [-0.05, 0) is 42.7 Å². The van der Waals surface area contributed by atoms with E-state index in [0.29, 0.717) is 18.7 Å². The maximum Gasteiger partial charge on any atom is 0.254 e. The van der Waals surface area contributed by atoms with Crippen LogP contribution in [0.2, 0.25) is 0 Å². The van der Waals surface area contributed by atoms with Crippen LogP contribution in [0.25, 0.3) is 0 Å². The van der Waals surface area contributed by atoms with Crippen LogP contribution in [-0.2, 0) is 16.1 Å². The zero-order valence-corrected chi connectivity index (χ0v) is 15.6. The van der Waals surface area contributed by atoms with E-state index in [1.54, 1.807) is 18.1 Å². The third-order valence-electron chi connectivity index (χ3n) is 4.02. The van der Waals surface area contributed by atoms with Crippen molar-refractivity contribution in [1.29, 1.82) is 0 Å². The molecule has 0 heterocycles. The number of aryl methyl sites for hydroxylation is 1. The number of anilines is 1. The van der Waals surface area contributed by atoms with Gasteiger partial charge in [-0.2, -0.15) is 0 Å². The van der Waals surface area contributed by atoms with Crippen LogP contribution in [-0.4, -0.2) is 36.9 Å². The van der Waals surface area contributed by atoms with E-state index < -0.39 is 0 Å². The van der Waals surface area contributed by atoms with Crippen LogP contribution >= 0.6 is 0 Å². The van der Waals surface area contributed by atoms with E-state index in [4.69, 9.17) is 4.74 Å². The molecule has 2 amide bonds. The van der Waals surface area contributed by atoms with Crippen molar-refractivity contribution in [3.8, 4) is 0 Å². The maximum absolute atomic E-state index is 12.9. The minimum absolute atomic E-state index is 0.0233. The van der Waals surface area contributed by atoms with Gasteiger partial charge in [0.05, 0.1) is 6.61 Å². The number of benzene rings is 2. The zero-order valence-electron chi connectivity index (χ0n) is 15.6. The molecule has 0 aromatic heterocycles. The van der Waals surface area contributed by atoms with Crippen molar-refractivity contribution in [3.63, 3.8) is 0 Å². The first-order valence-electron chi connectivity index (χ1n) is 8.77. The lowest BCUT2D eigenvalue weighted by Crippen LogP contribution is -2.38. The van der Waals surface area contributed by atoms with Crippen molar-refractivity contribution in [1.82, 2.24) is 4.90 Å². The summed E-state index contributed by atoms with van der Waals surface area (Å²) in [7, 11) is 1.62. The topological polar surface area (TPSA) is 58.6 Å². The van der Waals surface area contributed by atoms with Crippen molar-refractivity contribution in [2.24, 2.45) is 0 Å². The Morgan fingerprint density at radius 3 is 2.58 bits per heavy atom. The number of hydrogen-bond acceptors (Lipinski definition) is 3. The number of methoxy groups -OCH3 is 1.